The second-order valence-corrected chi connectivity index (χ2v) is 5.90. The number of carbonyl (C=O) groups excluding carboxylic acids is 3. The molecule has 0 aliphatic rings. The monoisotopic (exact) mass is 377 g/mol. The molecule has 0 atom stereocenters. The molecule has 0 aliphatic heterocycles. The molecule has 0 aromatic heterocycles. The summed E-state index contributed by atoms with van der Waals surface area (Å²) < 4.78 is 17.8. The highest BCUT2D eigenvalue weighted by Crippen LogP contribution is 2.13. The van der Waals surface area contributed by atoms with Crippen molar-refractivity contribution in [3.05, 3.63) is 101 Å². The number of hydrogen-bond donors (Lipinski definition) is 1. The van der Waals surface area contributed by atoms with E-state index in [1.54, 1.807) is 36.4 Å². The third-order valence-corrected chi connectivity index (χ3v) is 3.92. The van der Waals surface area contributed by atoms with Crippen molar-refractivity contribution in [1.29, 1.82) is 0 Å². The van der Waals surface area contributed by atoms with E-state index < -0.39 is 24.2 Å². The van der Waals surface area contributed by atoms with Gasteiger partial charge in [-0.25, -0.2) is 9.18 Å². The van der Waals surface area contributed by atoms with Crippen molar-refractivity contribution in [3.8, 4) is 0 Å². The molecular weight excluding hydrogens is 361 g/mol. The number of hydrogen-bond acceptors (Lipinski definition) is 4. The zero-order chi connectivity index (χ0) is 19.9. The van der Waals surface area contributed by atoms with Crippen molar-refractivity contribution < 1.29 is 23.5 Å². The molecule has 0 saturated heterocycles. The highest BCUT2D eigenvalue weighted by Gasteiger charge is 2.12. The normalized spacial score (nSPS) is 10.2. The van der Waals surface area contributed by atoms with Crippen LogP contribution in [0.4, 0.5) is 10.1 Å². The third-order valence-electron chi connectivity index (χ3n) is 3.92. The number of anilines is 1. The first kappa shape index (κ1) is 19.0. The van der Waals surface area contributed by atoms with Gasteiger partial charge in [0.1, 0.15) is 5.82 Å². The zero-order valence-electron chi connectivity index (χ0n) is 14.7. The first-order valence-electron chi connectivity index (χ1n) is 8.45. The first-order valence-corrected chi connectivity index (χ1v) is 8.45. The molecule has 3 aromatic rings. The molecule has 140 valence electrons. The maximum absolute atomic E-state index is 12.9. The van der Waals surface area contributed by atoms with Crippen molar-refractivity contribution in [2.45, 2.75) is 0 Å². The topological polar surface area (TPSA) is 72.5 Å². The van der Waals surface area contributed by atoms with Gasteiger partial charge in [-0.1, -0.05) is 18.2 Å². The highest BCUT2D eigenvalue weighted by molar-refractivity contribution is 6.04. The van der Waals surface area contributed by atoms with Crippen LogP contribution in [-0.2, 0) is 4.74 Å². The second-order valence-electron chi connectivity index (χ2n) is 5.90. The third kappa shape index (κ3) is 4.88. The summed E-state index contributed by atoms with van der Waals surface area (Å²) in [5.41, 5.74) is 1.56. The molecule has 0 bridgehead atoms. The predicted octanol–water partition coefficient (Wildman–Crippen LogP) is 4.12. The molecule has 0 fully saturated rings. The van der Waals surface area contributed by atoms with Crippen LogP contribution >= 0.6 is 0 Å². The van der Waals surface area contributed by atoms with Gasteiger partial charge < -0.3 is 10.1 Å². The molecule has 1 amide bonds. The van der Waals surface area contributed by atoms with E-state index in [2.05, 4.69) is 5.32 Å². The number of Topliss-reactive ketones (excluding diaryl/α,β-unsaturated/α-hetero) is 1. The van der Waals surface area contributed by atoms with E-state index in [0.29, 0.717) is 16.8 Å². The molecule has 0 radical (unpaired) electrons. The van der Waals surface area contributed by atoms with Crippen LogP contribution in [0.5, 0.6) is 0 Å². The van der Waals surface area contributed by atoms with Gasteiger partial charge in [0.25, 0.3) is 5.91 Å². The average molecular weight is 377 g/mol. The minimum atomic E-state index is -0.708. The van der Waals surface area contributed by atoms with Crippen LogP contribution in [0.25, 0.3) is 0 Å². The van der Waals surface area contributed by atoms with Gasteiger partial charge in [0, 0.05) is 16.8 Å². The van der Waals surface area contributed by atoms with Crippen molar-refractivity contribution in [2.75, 3.05) is 11.9 Å². The molecular formula is C22H16FNO4. The van der Waals surface area contributed by atoms with Gasteiger partial charge in [0.15, 0.2) is 12.4 Å². The number of benzene rings is 3. The fraction of sp³-hybridized carbons (Fsp3) is 0.0455. The van der Waals surface area contributed by atoms with E-state index in [0.717, 1.165) is 12.1 Å². The van der Waals surface area contributed by atoms with E-state index in [1.807, 2.05) is 6.07 Å². The Hall–Kier alpha value is -3.80. The molecule has 1 N–H and O–H groups in total. The van der Waals surface area contributed by atoms with Crippen LogP contribution in [0.15, 0.2) is 78.9 Å². The van der Waals surface area contributed by atoms with Crippen molar-refractivity contribution in [1.82, 2.24) is 0 Å². The molecule has 0 spiro atoms. The molecule has 6 heteroatoms. The van der Waals surface area contributed by atoms with Crippen molar-refractivity contribution in [3.63, 3.8) is 0 Å². The zero-order valence-corrected chi connectivity index (χ0v) is 14.7. The van der Waals surface area contributed by atoms with Gasteiger partial charge in [-0.05, 0) is 60.7 Å². The van der Waals surface area contributed by atoms with Crippen LogP contribution in [0.2, 0.25) is 0 Å². The summed E-state index contributed by atoms with van der Waals surface area (Å²) in [5.74, 6) is -1.82. The number of ketones is 1. The van der Waals surface area contributed by atoms with Crippen LogP contribution in [0, 0.1) is 5.82 Å². The van der Waals surface area contributed by atoms with Crippen molar-refractivity contribution >= 4 is 23.3 Å². The Balaban J connectivity index is 1.55. The average Bonchev–Trinajstić information content (AvgIpc) is 2.73. The van der Waals surface area contributed by atoms with Gasteiger partial charge in [0.2, 0.25) is 0 Å². The van der Waals surface area contributed by atoms with Crippen LogP contribution in [0.1, 0.15) is 31.1 Å². The molecule has 28 heavy (non-hydrogen) atoms. The van der Waals surface area contributed by atoms with E-state index in [9.17, 15) is 18.8 Å². The number of esters is 1. The quantitative estimate of drug-likeness (QED) is 0.518. The van der Waals surface area contributed by atoms with Crippen LogP contribution in [0.3, 0.4) is 0 Å². The summed E-state index contributed by atoms with van der Waals surface area (Å²) in [7, 11) is 0. The van der Waals surface area contributed by atoms with Crippen LogP contribution < -0.4 is 5.32 Å². The first-order chi connectivity index (χ1) is 13.5. The Bertz CT molecular complexity index is 983. The molecule has 0 heterocycles. The second kappa shape index (κ2) is 8.73. The fourth-order valence-electron chi connectivity index (χ4n) is 2.42. The summed E-state index contributed by atoms with van der Waals surface area (Å²) in [6.07, 6.45) is 0. The molecule has 3 aromatic carbocycles. The Morgan fingerprint density at radius 2 is 1.36 bits per heavy atom. The lowest BCUT2D eigenvalue weighted by atomic mass is 10.1. The van der Waals surface area contributed by atoms with Gasteiger partial charge >= 0.3 is 5.97 Å². The van der Waals surface area contributed by atoms with Gasteiger partial charge in [-0.2, -0.15) is 0 Å². The number of amides is 1. The number of nitrogens with one attached hydrogen (secondary N) is 1. The Morgan fingerprint density at radius 1 is 0.750 bits per heavy atom. The van der Waals surface area contributed by atoms with Crippen LogP contribution in [-0.4, -0.2) is 24.3 Å². The number of halogens is 1. The fourth-order valence-corrected chi connectivity index (χ4v) is 2.42. The van der Waals surface area contributed by atoms with E-state index >= 15 is 0 Å². The largest absolute Gasteiger partial charge is 0.454 e. The summed E-state index contributed by atoms with van der Waals surface area (Å²) in [6.45, 7) is -0.439. The summed E-state index contributed by atoms with van der Waals surface area (Å²) in [5, 5.41) is 2.73. The Labute approximate surface area is 160 Å². The van der Waals surface area contributed by atoms with E-state index in [1.165, 1.54) is 24.3 Å². The number of ether oxygens (including phenoxy) is 1. The minimum absolute atomic E-state index is 0.160. The van der Waals surface area contributed by atoms with E-state index in [-0.39, 0.29) is 11.5 Å². The Kier molecular flexibility index (Phi) is 5.91. The smallest absolute Gasteiger partial charge is 0.338 e. The Morgan fingerprint density at radius 3 is 2.00 bits per heavy atom. The maximum atomic E-state index is 12.9. The predicted molar refractivity (Wildman–Crippen MR) is 102 cm³/mol. The summed E-state index contributed by atoms with van der Waals surface area (Å²) in [6, 6.07) is 19.9. The molecule has 3 rings (SSSR count). The number of carbonyl (C=O) groups is 3. The molecule has 0 saturated carbocycles. The lowest BCUT2D eigenvalue weighted by Crippen LogP contribution is -2.15. The molecule has 0 unspecified atom stereocenters. The van der Waals surface area contributed by atoms with E-state index in [4.69, 9.17) is 4.74 Å². The lowest BCUT2D eigenvalue weighted by Gasteiger charge is -2.07. The standard InChI is InChI=1S/C22H16FNO4/c23-18-10-6-17(7-11-18)22(27)28-14-20(25)15-8-12-19(13-9-15)24-21(26)16-4-2-1-3-5-16/h1-13H,14H2,(H,24,26). The summed E-state index contributed by atoms with van der Waals surface area (Å²) >= 11 is 0. The SMILES string of the molecule is O=C(COC(=O)c1ccc(F)cc1)c1ccc(NC(=O)c2ccccc2)cc1. The maximum Gasteiger partial charge on any atom is 0.338 e. The van der Waals surface area contributed by atoms with Gasteiger partial charge in [0.05, 0.1) is 5.56 Å². The van der Waals surface area contributed by atoms with Crippen molar-refractivity contribution in [2.24, 2.45) is 0 Å². The summed E-state index contributed by atoms with van der Waals surface area (Å²) in [4.78, 5) is 36.1. The minimum Gasteiger partial charge on any atom is -0.454 e. The van der Waals surface area contributed by atoms with Gasteiger partial charge in [-0.15, -0.1) is 0 Å². The van der Waals surface area contributed by atoms with Gasteiger partial charge in [-0.3, -0.25) is 9.59 Å². The highest BCUT2D eigenvalue weighted by atomic mass is 19.1. The molecule has 5 nitrogen and oxygen atoms in total. The lowest BCUT2D eigenvalue weighted by molar-refractivity contribution is 0.0474. The molecule has 0 aliphatic carbocycles. The number of rotatable bonds is 6.